The van der Waals surface area contributed by atoms with Crippen LogP contribution in [0.15, 0.2) is 24.3 Å². The third kappa shape index (κ3) is 6.76. The van der Waals surface area contributed by atoms with Gasteiger partial charge in [-0.15, -0.1) is 0 Å². The summed E-state index contributed by atoms with van der Waals surface area (Å²) in [6.45, 7) is 3.79. The van der Waals surface area contributed by atoms with E-state index in [-0.39, 0.29) is 0 Å². The third-order valence-electron chi connectivity index (χ3n) is 3.95. The second-order valence-corrected chi connectivity index (χ2v) is 6.99. The van der Waals surface area contributed by atoms with Gasteiger partial charge in [-0.05, 0) is 62.8 Å². The molecule has 0 unspecified atom stereocenters. The number of carbonyl (C=O) groups is 2. The number of nitrogens with one attached hydrogen (secondary N) is 3. The fourth-order valence-corrected chi connectivity index (χ4v) is 2.25. The standard InChI is InChI=1S/C20H24N4O3/c1-20(2,21)17(19(26)24-27)23-18(25)15-9-7-14(8-10-15)6-4-3-5-13-22-16-11-12-16/h7-10,16-17,22,27H,11-13,21H2,1-2H3,(H,23,25)(H,24,26)/t17-/m1/s1. The first kappa shape index (κ1) is 20.5. The highest BCUT2D eigenvalue weighted by atomic mass is 16.5. The molecule has 2 amide bonds. The molecule has 1 aliphatic rings. The quantitative estimate of drug-likeness (QED) is 0.278. The SMILES string of the molecule is CC(C)(N)[C@H](NC(=O)c1ccc(C#CC#CCNC2CC2)cc1)C(=O)NO. The minimum atomic E-state index is -1.09. The Labute approximate surface area is 159 Å². The summed E-state index contributed by atoms with van der Waals surface area (Å²) in [4.78, 5) is 24.1. The van der Waals surface area contributed by atoms with Crippen molar-refractivity contribution in [1.82, 2.24) is 16.1 Å². The summed E-state index contributed by atoms with van der Waals surface area (Å²) in [5.74, 6) is 10.1. The van der Waals surface area contributed by atoms with Crippen molar-refractivity contribution >= 4 is 11.8 Å². The van der Waals surface area contributed by atoms with E-state index in [1.54, 1.807) is 38.1 Å². The first-order valence-electron chi connectivity index (χ1n) is 8.67. The largest absolute Gasteiger partial charge is 0.338 e. The second-order valence-electron chi connectivity index (χ2n) is 6.99. The van der Waals surface area contributed by atoms with Crippen LogP contribution in [0.5, 0.6) is 0 Å². The Morgan fingerprint density at radius 2 is 1.93 bits per heavy atom. The van der Waals surface area contributed by atoms with Crippen LogP contribution < -0.4 is 21.8 Å². The molecule has 0 bridgehead atoms. The zero-order valence-corrected chi connectivity index (χ0v) is 15.4. The molecule has 1 aliphatic carbocycles. The topological polar surface area (TPSA) is 116 Å². The highest BCUT2D eigenvalue weighted by Crippen LogP contribution is 2.17. The Kier molecular flexibility index (Phi) is 6.98. The normalized spacial score (nSPS) is 14.1. The highest BCUT2D eigenvalue weighted by molar-refractivity contribution is 5.97. The van der Waals surface area contributed by atoms with E-state index in [0.29, 0.717) is 18.2 Å². The Bertz CT molecular complexity index is 800. The van der Waals surface area contributed by atoms with Gasteiger partial charge in [0.1, 0.15) is 6.04 Å². The molecule has 2 rings (SSSR count). The highest BCUT2D eigenvalue weighted by Gasteiger charge is 2.33. The molecule has 1 fully saturated rings. The Morgan fingerprint density at radius 1 is 1.26 bits per heavy atom. The molecule has 7 heteroatoms. The van der Waals surface area contributed by atoms with Crippen molar-refractivity contribution < 1.29 is 14.8 Å². The van der Waals surface area contributed by atoms with Gasteiger partial charge in [0.05, 0.1) is 6.54 Å². The number of hydroxylamine groups is 1. The molecule has 7 nitrogen and oxygen atoms in total. The van der Waals surface area contributed by atoms with Crippen LogP contribution in [0.1, 0.15) is 42.6 Å². The molecule has 142 valence electrons. The molecular formula is C20H24N4O3. The van der Waals surface area contributed by atoms with E-state index in [9.17, 15) is 9.59 Å². The van der Waals surface area contributed by atoms with Crippen molar-refractivity contribution in [3.05, 3.63) is 35.4 Å². The maximum atomic E-state index is 12.3. The maximum absolute atomic E-state index is 12.3. The summed E-state index contributed by atoms with van der Waals surface area (Å²) >= 11 is 0. The number of benzene rings is 1. The molecular weight excluding hydrogens is 344 g/mol. The van der Waals surface area contributed by atoms with Gasteiger partial charge in [-0.1, -0.05) is 11.8 Å². The monoisotopic (exact) mass is 368 g/mol. The Balaban J connectivity index is 1.95. The zero-order chi connectivity index (χ0) is 19.9. The molecule has 1 atom stereocenters. The van der Waals surface area contributed by atoms with Crippen LogP contribution in [-0.4, -0.2) is 41.2 Å². The lowest BCUT2D eigenvalue weighted by Crippen LogP contribution is -2.61. The van der Waals surface area contributed by atoms with Crippen LogP contribution >= 0.6 is 0 Å². The molecule has 1 aromatic carbocycles. The number of carbonyl (C=O) groups excluding carboxylic acids is 2. The van der Waals surface area contributed by atoms with E-state index in [1.807, 2.05) is 0 Å². The number of amides is 2. The summed E-state index contributed by atoms with van der Waals surface area (Å²) in [7, 11) is 0. The van der Waals surface area contributed by atoms with Crippen molar-refractivity contribution in [1.29, 1.82) is 0 Å². The van der Waals surface area contributed by atoms with E-state index in [2.05, 4.69) is 34.3 Å². The van der Waals surface area contributed by atoms with Crippen LogP contribution in [-0.2, 0) is 4.79 Å². The van der Waals surface area contributed by atoms with Gasteiger partial charge >= 0.3 is 0 Å². The van der Waals surface area contributed by atoms with E-state index in [1.165, 1.54) is 18.3 Å². The first-order chi connectivity index (χ1) is 12.8. The molecule has 0 heterocycles. The predicted molar refractivity (Wildman–Crippen MR) is 102 cm³/mol. The average Bonchev–Trinajstić information content (AvgIpc) is 3.45. The predicted octanol–water partition coefficient (Wildman–Crippen LogP) is 0.135. The molecule has 1 saturated carbocycles. The van der Waals surface area contributed by atoms with Gasteiger partial charge in [-0.2, -0.15) is 0 Å². The number of hydrogen-bond donors (Lipinski definition) is 5. The third-order valence-corrected chi connectivity index (χ3v) is 3.95. The first-order valence-corrected chi connectivity index (χ1v) is 8.67. The van der Waals surface area contributed by atoms with Crippen LogP contribution in [0.4, 0.5) is 0 Å². The summed E-state index contributed by atoms with van der Waals surface area (Å²) < 4.78 is 0. The number of rotatable bonds is 6. The summed E-state index contributed by atoms with van der Waals surface area (Å²) in [6, 6.07) is 6.12. The fraction of sp³-hybridized carbons (Fsp3) is 0.400. The van der Waals surface area contributed by atoms with Crippen LogP contribution in [0.25, 0.3) is 0 Å². The lowest BCUT2D eigenvalue weighted by atomic mass is 9.95. The van der Waals surface area contributed by atoms with Gasteiger partial charge < -0.3 is 16.4 Å². The molecule has 0 spiro atoms. The molecule has 27 heavy (non-hydrogen) atoms. The fourth-order valence-electron chi connectivity index (χ4n) is 2.25. The van der Waals surface area contributed by atoms with Gasteiger partial charge in [0, 0.05) is 22.7 Å². The Hall–Kier alpha value is -2.84. The molecule has 0 saturated heterocycles. The van der Waals surface area contributed by atoms with Crippen molar-refractivity contribution in [3.63, 3.8) is 0 Å². The second kappa shape index (κ2) is 9.20. The van der Waals surface area contributed by atoms with Gasteiger partial charge in [0.2, 0.25) is 0 Å². The maximum Gasteiger partial charge on any atom is 0.267 e. The summed E-state index contributed by atoms with van der Waals surface area (Å²) in [5.41, 5.74) is 7.42. The van der Waals surface area contributed by atoms with Crippen LogP contribution in [0, 0.1) is 23.7 Å². The Morgan fingerprint density at radius 3 is 2.48 bits per heavy atom. The van der Waals surface area contributed by atoms with Crippen molar-refractivity contribution in [2.24, 2.45) is 5.73 Å². The van der Waals surface area contributed by atoms with E-state index < -0.39 is 23.4 Å². The van der Waals surface area contributed by atoms with Crippen LogP contribution in [0.2, 0.25) is 0 Å². The van der Waals surface area contributed by atoms with E-state index in [4.69, 9.17) is 10.9 Å². The van der Waals surface area contributed by atoms with E-state index >= 15 is 0 Å². The molecule has 0 aromatic heterocycles. The molecule has 0 radical (unpaired) electrons. The van der Waals surface area contributed by atoms with Gasteiger partial charge in [0.25, 0.3) is 11.8 Å². The van der Waals surface area contributed by atoms with Crippen LogP contribution in [0.3, 0.4) is 0 Å². The van der Waals surface area contributed by atoms with Gasteiger partial charge in [-0.3, -0.25) is 14.8 Å². The summed E-state index contributed by atoms with van der Waals surface area (Å²) in [6.07, 6.45) is 2.45. The molecule has 6 N–H and O–H groups in total. The van der Waals surface area contributed by atoms with Gasteiger partial charge in [-0.25, -0.2) is 5.48 Å². The smallest absolute Gasteiger partial charge is 0.267 e. The molecule has 1 aromatic rings. The average molecular weight is 368 g/mol. The zero-order valence-electron chi connectivity index (χ0n) is 15.4. The summed E-state index contributed by atoms with van der Waals surface area (Å²) in [5, 5.41) is 14.6. The van der Waals surface area contributed by atoms with Crippen molar-refractivity contribution in [2.45, 2.75) is 44.3 Å². The van der Waals surface area contributed by atoms with E-state index in [0.717, 1.165) is 5.56 Å². The van der Waals surface area contributed by atoms with Crippen molar-refractivity contribution in [2.75, 3.05) is 6.54 Å². The number of nitrogens with two attached hydrogens (primary N) is 1. The number of hydrogen-bond acceptors (Lipinski definition) is 5. The lowest BCUT2D eigenvalue weighted by Gasteiger charge is -2.29. The minimum absolute atomic E-state index is 0.347. The molecule has 0 aliphatic heterocycles. The van der Waals surface area contributed by atoms with Crippen molar-refractivity contribution in [3.8, 4) is 23.7 Å². The van der Waals surface area contributed by atoms with Gasteiger partial charge in [0.15, 0.2) is 0 Å². The minimum Gasteiger partial charge on any atom is -0.338 e. The lowest BCUT2D eigenvalue weighted by molar-refractivity contribution is -0.132.